The van der Waals surface area contributed by atoms with E-state index in [1.807, 2.05) is 30.3 Å². The molecule has 0 bridgehead atoms. The number of aromatic nitrogens is 1. The third-order valence-corrected chi connectivity index (χ3v) is 2.89. The van der Waals surface area contributed by atoms with Gasteiger partial charge in [0.2, 0.25) is 0 Å². The molecule has 0 spiro atoms. The lowest BCUT2D eigenvalue weighted by Crippen LogP contribution is -2.07. The predicted octanol–water partition coefficient (Wildman–Crippen LogP) is 2.20. The van der Waals surface area contributed by atoms with E-state index in [1.54, 1.807) is 6.92 Å². The van der Waals surface area contributed by atoms with Crippen LogP contribution in [0.15, 0.2) is 36.5 Å². The standard InChI is InChI=1S/C13H12NO3S/c1-10-12(11-6-4-3-5-7-11)8-14-9-13(10)17-18(2,15)16/h3-7,9H,1-2H3. The third kappa shape index (κ3) is 2.87. The largest absolute Gasteiger partial charge is 0.381 e. The second-order valence-electron chi connectivity index (χ2n) is 3.89. The van der Waals surface area contributed by atoms with Crippen LogP contribution in [-0.2, 0) is 10.1 Å². The average molecular weight is 262 g/mol. The fraction of sp³-hybridized carbons (Fsp3) is 0.154. The molecule has 5 heteroatoms. The molecule has 2 aromatic rings. The molecule has 0 unspecified atom stereocenters. The highest BCUT2D eigenvalue weighted by molar-refractivity contribution is 7.86. The molecule has 1 heterocycles. The summed E-state index contributed by atoms with van der Waals surface area (Å²) >= 11 is 0. The molecule has 0 saturated heterocycles. The molecule has 0 N–H and O–H groups in total. The maximum absolute atomic E-state index is 11.1. The van der Waals surface area contributed by atoms with Crippen molar-refractivity contribution in [3.8, 4) is 16.9 Å². The quantitative estimate of drug-likeness (QED) is 0.796. The second-order valence-corrected chi connectivity index (χ2v) is 5.46. The average Bonchev–Trinajstić information content (AvgIpc) is 2.31. The van der Waals surface area contributed by atoms with Crippen molar-refractivity contribution < 1.29 is 12.6 Å². The van der Waals surface area contributed by atoms with Crippen LogP contribution in [0, 0.1) is 13.1 Å². The van der Waals surface area contributed by atoms with Crippen LogP contribution >= 0.6 is 0 Å². The van der Waals surface area contributed by atoms with Crippen molar-refractivity contribution in [2.45, 2.75) is 6.92 Å². The van der Waals surface area contributed by atoms with E-state index >= 15 is 0 Å². The van der Waals surface area contributed by atoms with Gasteiger partial charge in [-0.3, -0.25) is 0 Å². The molecule has 0 aliphatic rings. The number of hydrogen-bond donors (Lipinski definition) is 0. The first-order valence-corrected chi connectivity index (χ1v) is 7.11. The van der Waals surface area contributed by atoms with Crippen LogP contribution in [0.1, 0.15) is 5.56 Å². The maximum Gasteiger partial charge on any atom is 0.306 e. The Morgan fingerprint density at radius 3 is 2.50 bits per heavy atom. The summed E-state index contributed by atoms with van der Waals surface area (Å²) in [6.07, 6.45) is 5.21. The molecular weight excluding hydrogens is 250 g/mol. The fourth-order valence-corrected chi connectivity index (χ4v) is 2.09. The normalized spacial score (nSPS) is 11.2. The van der Waals surface area contributed by atoms with Gasteiger partial charge in [0.1, 0.15) is 0 Å². The molecule has 0 aliphatic carbocycles. The van der Waals surface area contributed by atoms with Gasteiger partial charge in [0.05, 0.1) is 18.6 Å². The van der Waals surface area contributed by atoms with Crippen LogP contribution < -0.4 is 4.18 Å². The Balaban J connectivity index is 2.49. The number of benzene rings is 1. The molecule has 18 heavy (non-hydrogen) atoms. The van der Waals surface area contributed by atoms with Crippen LogP contribution in [0.5, 0.6) is 5.75 Å². The number of nitrogens with zero attached hydrogens (tertiary/aromatic N) is 1. The van der Waals surface area contributed by atoms with Crippen molar-refractivity contribution in [2.75, 3.05) is 6.26 Å². The summed E-state index contributed by atoms with van der Waals surface area (Å²) in [5, 5.41) is 0. The molecule has 2 rings (SSSR count). The summed E-state index contributed by atoms with van der Waals surface area (Å²) < 4.78 is 27.2. The van der Waals surface area contributed by atoms with E-state index in [1.165, 1.54) is 6.20 Å². The lowest BCUT2D eigenvalue weighted by atomic mass is 10.0. The van der Waals surface area contributed by atoms with E-state index in [4.69, 9.17) is 4.18 Å². The zero-order valence-electron chi connectivity index (χ0n) is 10.0. The van der Waals surface area contributed by atoms with Crippen molar-refractivity contribution in [3.05, 3.63) is 48.3 Å². The fourth-order valence-electron chi connectivity index (χ4n) is 1.59. The van der Waals surface area contributed by atoms with E-state index in [9.17, 15) is 8.42 Å². The molecule has 0 saturated carbocycles. The molecule has 1 radical (unpaired) electrons. The van der Waals surface area contributed by atoms with Gasteiger partial charge >= 0.3 is 10.1 Å². The van der Waals surface area contributed by atoms with Crippen LogP contribution in [0.3, 0.4) is 0 Å². The molecule has 93 valence electrons. The topological polar surface area (TPSA) is 56.3 Å². The monoisotopic (exact) mass is 262 g/mol. The summed E-state index contributed by atoms with van der Waals surface area (Å²) in [6.45, 7) is 1.78. The first kappa shape index (κ1) is 12.6. The number of pyridine rings is 1. The van der Waals surface area contributed by atoms with Gasteiger partial charge in [0.15, 0.2) is 5.75 Å². The van der Waals surface area contributed by atoms with Crippen LogP contribution in [-0.4, -0.2) is 19.7 Å². The van der Waals surface area contributed by atoms with Gasteiger partial charge in [0.25, 0.3) is 0 Å². The molecule has 1 aromatic heterocycles. The van der Waals surface area contributed by atoms with Gasteiger partial charge in [0, 0.05) is 11.1 Å². The third-order valence-electron chi connectivity index (χ3n) is 2.41. The summed E-state index contributed by atoms with van der Waals surface area (Å²) in [4.78, 5) is 3.89. The maximum atomic E-state index is 11.1. The number of hydrogen-bond acceptors (Lipinski definition) is 4. The smallest absolute Gasteiger partial charge is 0.306 e. The van der Waals surface area contributed by atoms with Crippen LogP contribution in [0.25, 0.3) is 11.1 Å². The summed E-state index contributed by atoms with van der Waals surface area (Å²) in [5.74, 6) is 0.232. The van der Waals surface area contributed by atoms with Crippen molar-refractivity contribution in [1.29, 1.82) is 0 Å². The minimum Gasteiger partial charge on any atom is -0.381 e. The van der Waals surface area contributed by atoms with Crippen molar-refractivity contribution in [3.63, 3.8) is 0 Å². The van der Waals surface area contributed by atoms with E-state index in [2.05, 4.69) is 11.2 Å². The Morgan fingerprint density at radius 2 is 1.89 bits per heavy atom. The lowest BCUT2D eigenvalue weighted by molar-refractivity contribution is 0.490. The zero-order chi connectivity index (χ0) is 13.2. The molecular formula is C13H12NO3S. The van der Waals surface area contributed by atoms with Gasteiger partial charge in [-0.1, -0.05) is 30.3 Å². The number of rotatable bonds is 3. The van der Waals surface area contributed by atoms with E-state index < -0.39 is 10.1 Å². The Bertz CT molecular complexity index is 651. The highest BCUT2D eigenvalue weighted by Crippen LogP contribution is 2.28. The minimum atomic E-state index is -3.55. The first-order valence-electron chi connectivity index (χ1n) is 5.29. The Morgan fingerprint density at radius 1 is 1.22 bits per heavy atom. The molecule has 0 amide bonds. The van der Waals surface area contributed by atoms with Crippen LogP contribution in [0.4, 0.5) is 0 Å². The summed E-state index contributed by atoms with van der Waals surface area (Å²) in [6, 6.07) is 9.51. The molecule has 0 atom stereocenters. The van der Waals surface area contributed by atoms with E-state index in [0.29, 0.717) is 5.56 Å². The van der Waals surface area contributed by atoms with Crippen molar-refractivity contribution in [1.82, 2.24) is 4.98 Å². The Labute approximate surface area is 106 Å². The summed E-state index contributed by atoms with van der Waals surface area (Å²) in [7, 11) is -3.55. The SMILES string of the molecule is Cc1c(-c2ccccc2)[c]ncc1OS(C)(=O)=O. The molecule has 0 fully saturated rings. The van der Waals surface area contributed by atoms with Crippen molar-refractivity contribution in [2.24, 2.45) is 0 Å². The highest BCUT2D eigenvalue weighted by atomic mass is 32.2. The highest BCUT2D eigenvalue weighted by Gasteiger charge is 2.12. The molecule has 1 aromatic carbocycles. The van der Waals surface area contributed by atoms with Crippen molar-refractivity contribution >= 4 is 10.1 Å². The Kier molecular flexibility index (Phi) is 3.34. The lowest BCUT2D eigenvalue weighted by Gasteiger charge is -2.09. The predicted molar refractivity (Wildman–Crippen MR) is 68.7 cm³/mol. The Hall–Kier alpha value is -1.88. The van der Waals surface area contributed by atoms with E-state index in [0.717, 1.165) is 17.4 Å². The van der Waals surface area contributed by atoms with Gasteiger partial charge < -0.3 is 4.18 Å². The van der Waals surface area contributed by atoms with Crippen LogP contribution in [0.2, 0.25) is 0 Å². The minimum absolute atomic E-state index is 0.232. The second kappa shape index (κ2) is 4.78. The van der Waals surface area contributed by atoms with E-state index in [-0.39, 0.29) is 5.75 Å². The van der Waals surface area contributed by atoms with Gasteiger partial charge in [-0.05, 0) is 12.5 Å². The summed E-state index contributed by atoms with van der Waals surface area (Å²) in [5.41, 5.74) is 2.35. The first-order chi connectivity index (χ1) is 8.47. The zero-order valence-corrected chi connectivity index (χ0v) is 10.9. The van der Waals surface area contributed by atoms with Gasteiger partial charge in [-0.25, -0.2) is 4.98 Å². The van der Waals surface area contributed by atoms with Gasteiger partial charge in [-0.2, -0.15) is 8.42 Å². The van der Waals surface area contributed by atoms with Gasteiger partial charge in [-0.15, -0.1) is 0 Å². The molecule has 0 aliphatic heterocycles. The molecule has 4 nitrogen and oxygen atoms in total.